The quantitative estimate of drug-likeness (QED) is 0.303. The van der Waals surface area contributed by atoms with Crippen LogP contribution in [0.5, 0.6) is 23.0 Å². The number of methoxy groups -OCH3 is 1. The van der Waals surface area contributed by atoms with Crippen LogP contribution in [0, 0.1) is 0 Å². The Labute approximate surface area is 182 Å². The molecule has 5 atom stereocenters. The van der Waals surface area contributed by atoms with Crippen LogP contribution in [0.1, 0.15) is 15.9 Å². The van der Waals surface area contributed by atoms with Crippen molar-refractivity contribution in [3.05, 3.63) is 47.5 Å². The minimum absolute atomic E-state index is 0.0316. The van der Waals surface area contributed by atoms with Gasteiger partial charge in [-0.05, 0) is 30.3 Å². The number of hydrogen-bond acceptors (Lipinski definition) is 11. The summed E-state index contributed by atoms with van der Waals surface area (Å²) in [7, 11) is 1.33. The lowest BCUT2D eigenvalue weighted by atomic mass is 9.99. The van der Waals surface area contributed by atoms with Gasteiger partial charge in [0.05, 0.1) is 13.7 Å². The summed E-state index contributed by atoms with van der Waals surface area (Å²) in [6.07, 6.45) is -7.49. The lowest BCUT2D eigenvalue weighted by Crippen LogP contribution is -2.60. The second-order valence-corrected chi connectivity index (χ2v) is 7.04. The number of carbonyl (C=O) groups is 1. The number of ether oxygens (including phenoxy) is 4. The number of carbonyl (C=O) groups excluding carboxylic acids is 1. The lowest BCUT2D eigenvalue weighted by Gasteiger charge is -2.39. The van der Waals surface area contributed by atoms with Crippen LogP contribution in [-0.2, 0) is 16.1 Å². The fourth-order valence-corrected chi connectivity index (χ4v) is 3.19. The molecular weight excluding hydrogens is 428 g/mol. The van der Waals surface area contributed by atoms with Crippen LogP contribution in [0.4, 0.5) is 0 Å². The molecule has 6 N–H and O–H groups in total. The van der Waals surface area contributed by atoms with E-state index in [1.54, 1.807) is 0 Å². The van der Waals surface area contributed by atoms with Crippen molar-refractivity contribution in [3.63, 3.8) is 0 Å². The number of hydrogen-bond donors (Lipinski definition) is 6. The fourth-order valence-electron chi connectivity index (χ4n) is 3.19. The topological polar surface area (TPSA) is 175 Å². The van der Waals surface area contributed by atoms with E-state index >= 15 is 0 Å². The van der Waals surface area contributed by atoms with Crippen LogP contribution in [0.25, 0.3) is 0 Å². The normalized spacial score (nSPS) is 25.2. The van der Waals surface area contributed by atoms with Gasteiger partial charge in [0.15, 0.2) is 0 Å². The Hall–Kier alpha value is -3.09. The fraction of sp³-hybridized carbons (Fsp3) is 0.381. The molecule has 0 bridgehead atoms. The van der Waals surface area contributed by atoms with Gasteiger partial charge in [-0.15, -0.1) is 0 Å². The van der Waals surface area contributed by atoms with E-state index in [4.69, 9.17) is 18.9 Å². The Morgan fingerprint density at radius 3 is 2.47 bits per heavy atom. The second-order valence-electron chi connectivity index (χ2n) is 7.04. The molecule has 3 rings (SSSR count). The molecule has 0 aliphatic carbocycles. The number of aliphatic hydroxyl groups excluding tert-OH is 4. The van der Waals surface area contributed by atoms with Gasteiger partial charge in [0.2, 0.25) is 6.29 Å². The number of esters is 1. The highest BCUT2D eigenvalue weighted by molar-refractivity contribution is 5.95. The Kier molecular flexibility index (Phi) is 7.38. The summed E-state index contributed by atoms with van der Waals surface area (Å²) in [5, 5.41) is 59.1. The molecule has 0 unspecified atom stereocenters. The Balaban J connectivity index is 1.78. The van der Waals surface area contributed by atoms with Gasteiger partial charge in [0, 0.05) is 5.56 Å². The number of aromatic hydroxyl groups is 2. The van der Waals surface area contributed by atoms with E-state index in [0.717, 1.165) is 0 Å². The smallest absolute Gasteiger partial charge is 0.346 e. The molecule has 2 aromatic carbocycles. The number of aliphatic hydroxyl groups is 4. The van der Waals surface area contributed by atoms with Crippen molar-refractivity contribution in [1.29, 1.82) is 0 Å². The highest BCUT2D eigenvalue weighted by atomic mass is 16.7. The largest absolute Gasteiger partial charge is 0.508 e. The Morgan fingerprint density at radius 2 is 1.78 bits per heavy atom. The summed E-state index contributed by atoms with van der Waals surface area (Å²) >= 11 is 0. The summed E-state index contributed by atoms with van der Waals surface area (Å²) < 4.78 is 21.2. The first-order valence-corrected chi connectivity index (χ1v) is 9.59. The molecule has 1 fully saturated rings. The highest BCUT2D eigenvalue weighted by Crippen LogP contribution is 2.31. The molecule has 1 saturated heterocycles. The van der Waals surface area contributed by atoms with Gasteiger partial charge in [-0.25, -0.2) is 4.79 Å². The van der Waals surface area contributed by atoms with Crippen molar-refractivity contribution in [2.75, 3.05) is 13.7 Å². The number of phenolic OH excluding ortho intramolecular Hbond substituents is 2. The molecule has 0 radical (unpaired) electrons. The second kappa shape index (κ2) is 10.0. The van der Waals surface area contributed by atoms with E-state index in [1.165, 1.54) is 43.5 Å². The van der Waals surface area contributed by atoms with Gasteiger partial charge >= 0.3 is 5.97 Å². The van der Waals surface area contributed by atoms with Crippen LogP contribution in [-0.4, -0.2) is 81.0 Å². The first-order valence-electron chi connectivity index (χ1n) is 9.59. The van der Waals surface area contributed by atoms with Gasteiger partial charge in [-0.3, -0.25) is 0 Å². The van der Waals surface area contributed by atoms with Crippen LogP contribution in [0.3, 0.4) is 0 Å². The van der Waals surface area contributed by atoms with E-state index in [2.05, 4.69) is 0 Å². The highest BCUT2D eigenvalue weighted by Gasteiger charge is 2.44. The van der Waals surface area contributed by atoms with Crippen molar-refractivity contribution in [1.82, 2.24) is 0 Å². The lowest BCUT2D eigenvalue weighted by molar-refractivity contribution is -0.277. The Morgan fingerprint density at radius 1 is 1.03 bits per heavy atom. The van der Waals surface area contributed by atoms with E-state index in [0.29, 0.717) is 0 Å². The first-order chi connectivity index (χ1) is 15.3. The third-order valence-electron chi connectivity index (χ3n) is 4.92. The van der Waals surface area contributed by atoms with E-state index in [9.17, 15) is 35.4 Å². The Bertz CT molecular complexity index is 945. The van der Waals surface area contributed by atoms with Crippen LogP contribution in [0.2, 0.25) is 0 Å². The summed E-state index contributed by atoms with van der Waals surface area (Å²) in [6, 6.07) is 8.10. The average Bonchev–Trinajstić information content (AvgIpc) is 2.78. The zero-order valence-corrected chi connectivity index (χ0v) is 17.0. The predicted octanol–water partition coefficient (Wildman–Crippen LogP) is -0.358. The minimum Gasteiger partial charge on any atom is -0.508 e. The third kappa shape index (κ3) is 4.87. The van der Waals surface area contributed by atoms with Gasteiger partial charge in [0.25, 0.3) is 0 Å². The maximum atomic E-state index is 12.5. The average molecular weight is 452 g/mol. The van der Waals surface area contributed by atoms with Crippen LogP contribution in [0.15, 0.2) is 36.4 Å². The van der Waals surface area contributed by atoms with E-state index in [1.807, 2.05) is 0 Å². The SMILES string of the molecule is COc1cccc(O)c1C(=O)OCc1cc(O)ccc1O[C@H]1O[C@@H](CO)[C@H](O)[C@H](O)[C@@H]1O. The van der Waals surface area contributed by atoms with E-state index in [-0.39, 0.29) is 34.1 Å². The summed E-state index contributed by atoms with van der Waals surface area (Å²) in [4.78, 5) is 12.5. The standard InChI is InChI=1S/C21H24O11/c1-29-14-4-2-3-12(24)16(14)20(28)30-9-10-7-11(23)5-6-13(10)31-21-19(27)18(26)17(25)15(8-22)32-21/h2-7,15,17-19,21-27H,8-9H2,1H3/t15-,17-,18-,19-,21-/m0/s1. The van der Waals surface area contributed by atoms with Crippen molar-refractivity contribution in [3.8, 4) is 23.0 Å². The monoisotopic (exact) mass is 452 g/mol. The van der Waals surface area contributed by atoms with Crippen molar-refractivity contribution < 1.29 is 54.4 Å². The molecule has 32 heavy (non-hydrogen) atoms. The molecule has 174 valence electrons. The molecular formula is C21H24O11. The predicted molar refractivity (Wildman–Crippen MR) is 106 cm³/mol. The third-order valence-corrected chi connectivity index (χ3v) is 4.92. The van der Waals surface area contributed by atoms with E-state index < -0.39 is 49.9 Å². The van der Waals surface area contributed by atoms with Gasteiger partial charge < -0.3 is 49.6 Å². The van der Waals surface area contributed by atoms with Crippen molar-refractivity contribution in [2.24, 2.45) is 0 Å². The molecule has 0 spiro atoms. The van der Waals surface area contributed by atoms with Gasteiger partial charge in [-0.2, -0.15) is 0 Å². The summed E-state index contributed by atoms with van der Waals surface area (Å²) in [6.45, 7) is -1.04. The molecule has 0 amide bonds. The van der Waals surface area contributed by atoms with Gasteiger partial charge in [0.1, 0.15) is 59.6 Å². The zero-order valence-electron chi connectivity index (χ0n) is 17.0. The molecule has 2 aromatic rings. The summed E-state index contributed by atoms with van der Waals surface area (Å²) in [5.41, 5.74) is -0.0174. The van der Waals surface area contributed by atoms with Crippen LogP contribution >= 0.6 is 0 Å². The number of phenols is 2. The molecule has 11 nitrogen and oxygen atoms in total. The molecule has 0 saturated carbocycles. The van der Waals surface area contributed by atoms with Crippen molar-refractivity contribution in [2.45, 2.75) is 37.3 Å². The maximum absolute atomic E-state index is 12.5. The molecule has 11 heteroatoms. The number of benzene rings is 2. The number of rotatable bonds is 7. The minimum atomic E-state index is -1.65. The van der Waals surface area contributed by atoms with Gasteiger partial charge in [-0.1, -0.05) is 6.07 Å². The summed E-state index contributed by atoms with van der Waals surface area (Å²) in [5.74, 6) is -1.28. The first kappa shape index (κ1) is 23.6. The van der Waals surface area contributed by atoms with Crippen molar-refractivity contribution >= 4 is 5.97 Å². The molecule has 0 aromatic heterocycles. The molecule has 1 aliphatic heterocycles. The molecule has 1 aliphatic rings. The molecule has 1 heterocycles. The van der Waals surface area contributed by atoms with Crippen LogP contribution < -0.4 is 9.47 Å². The zero-order chi connectivity index (χ0) is 23.4. The maximum Gasteiger partial charge on any atom is 0.346 e.